The highest BCUT2D eigenvalue weighted by atomic mass is 16.5. The van der Waals surface area contributed by atoms with Gasteiger partial charge in [0.05, 0.1) is 25.4 Å². The molecule has 0 amide bonds. The van der Waals surface area contributed by atoms with Crippen molar-refractivity contribution >= 4 is 23.1 Å². The largest absolute Gasteiger partial charge is 0.466 e. The van der Waals surface area contributed by atoms with E-state index in [0.717, 1.165) is 33.4 Å². The third kappa shape index (κ3) is 1.93. The van der Waals surface area contributed by atoms with Gasteiger partial charge in [-0.05, 0) is 50.0 Å². The van der Waals surface area contributed by atoms with Crippen LogP contribution in [0.2, 0.25) is 0 Å². The normalized spacial score (nSPS) is 35.6. The minimum Gasteiger partial charge on any atom is -0.466 e. The van der Waals surface area contributed by atoms with Crippen molar-refractivity contribution in [3.8, 4) is 0 Å². The Morgan fingerprint density at radius 1 is 0.559 bits per heavy atom. The standard InChI is InChI=1S/C30H34O4/c1-15-17(3)29(7)23(25(31)33-9)21(27(15,29)5)19-11-13-20(14-12-19)22-24(26(32)34-10)30(8)18(4)16(2)28(22,30)6/h11-14H,1-10H3. The van der Waals surface area contributed by atoms with Crippen LogP contribution in [0.15, 0.2) is 57.7 Å². The van der Waals surface area contributed by atoms with Gasteiger partial charge in [-0.2, -0.15) is 0 Å². The summed E-state index contributed by atoms with van der Waals surface area (Å²) >= 11 is 0. The Morgan fingerprint density at radius 2 is 0.824 bits per heavy atom. The van der Waals surface area contributed by atoms with Crippen molar-refractivity contribution in [3.63, 3.8) is 0 Å². The Hall–Kier alpha value is -2.88. The Morgan fingerprint density at radius 3 is 1.09 bits per heavy atom. The number of rotatable bonds is 4. The number of carbonyl (C=O) groups is 2. The first kappa shape index (κ1) is 22.9. The molecule has 4 aliphatic carbocycles. The molecule has 0 fully saturated rings. The summed E-state index contributed by atoms with van der Waals surface area (Å²) in [6.07, 6.45) is 0. The highest BCUT2D eigenvalue weighted by Gasteiger charge is 2.71. The fraction of sp³-hybridized carbons (Fsp3) is 0.467. The molecule has 0 bridgehead atoms. The molecule has 34 heavy (non-hydrogen) atoms. The van der Waals surface area contributed by atoms with Crippen LogP contribution in [0, 0.1) is 21.7 Å². The maximum Gasteiger partial charge on any atom is 0.335 e. The van der Waals surface area contributed by atoms with Crippen molar-refractivity contribution in [1.82, 2.24) is 0 Å². The van der Waals surface area contributed by atoms with E-state index in [2.05, 4.69) is 79.7 Å². The van der Waals surface area contributed by atoms with Crippen LogP contribution in [0.1, 0.15) is 66.5 Å². The van der Waals surface area contributed by atoms with Gasteiger partial charge in [-0.1, -0.05) is 74.3 Å². The molecular weight excluding hydrogens is 424 g/mol. The minimum absolute atomic E-state index is 0.177. The molecule has 4 atom stereocenters. The SMILES string of the molecule is COC(=O)C1=C(c2ccc(C3=C(C(=O)OC)C4(C)C(C)=C(C)C34C)cc2)C2(C)C(C)=C(C)C12C. The monoisotopic (exact) mass is 458 g/mol. The zero-order valence-electron chi connectivity index (χ0n) is 21.9. The maximum absolute atomic E-state index is 12.8. The topological polar surface area (TPSA) is 52.6 Å². The second kappa shape index (κ2) is 6.41. The first-order valence-corrected chi connectivity index (χ1v) is 12.0. The van der Waals surface area contributed by atoms with E-state index in [9.17, 15) is 9.59 Å². The number of fused-ring (bicyclic) bond motifs is 2. The predicted octanol–water partition coefficient (Wildman–Crippen LogP) is 6.29. The van der Waals surface area contributed by atoms with Gasteiger partial charge in [0.2, 0.25) is 0 Å². The van der Waals surface area contributed by atoms with Crippen molar-refractivity contribution in [1.29, 1.82) is 0 Å². The molecule has 0 radical (unpaired) electrons. The van der Waals surface area contributed by atoms with Gasteiger partial charge < -0.3 is 9.47 Å². The summed E-state index contributed by atoms with van der Waals surface area (Å²) in [6, 6.07) is 8.35. The summed E-state index contributed by atoms with van der Waals surface area (Å²) in [5.74, 6) is -0.510. The quantitative estimate of drug-likeness (QED) is 0.393. The molecule has 0 heterocycles. The predicted molar refractivity (Wildman–Crippen MR) is 133 cm³/mol. The van der Waals surface area contributed by atoms with Crippen molar-refractivity contribution in [2.75, 3.05) is 14.2 Å². The number of allylic oxidation sites excluding steroid dienone is 6. The number of methoxy groups -OCH3 is 2. The molecular formula is C30H34O4. The molecule has 0 spiro atoms. The molecule has 5 rings (SSSR count). The Kier molecular flexibility index (Phi) is 4.32. The summed E-state index contributed by atoms with van der Waals surface area (Å²) < 4.78 is 10.4. The molecule has 4 nitrogen and oxygen atoms in total. The summed E-state index contributed by atoms with van der Waals surface area (Å²) in [5, 5.41) is 0. The van der Waals surface area contributed by atoms with Gasteiger partial charge in [-0.25, -0.2) is 9.59 Å². The van der Waals surface area contributed by atoms with Crippen LogP contribution in [0.25, 0.3) is 11.1 Å². The zero-order chi connectivity index (χ0) is 25.2. The first-order valence-electron chi connectivity index (χ1n) is 12.0. The van der Waals surface area contributed by atoms with Crippen molar-refractivity contribution in [2.24, 2.45) is 21.7 Å². The lowest BCUT2D eigenvalue weighted by molar-refractivity contribution is -0.139. The van der Waals surface area contributed by atoms with Gasteiger partial charge in [0.1, 0.15) is 0 Å². The average molecular weight is 459 g/mol. The van der Waals surface area contributed by atoms with E-state index in [1.54, 1.807) is 0 Å². The van der Waals surface area contributed by atoms with Gasteiger partial charge >= 0.3 is 11.9 Å². The molecule has 1 aromatic carbocycles. The number of carbonyl (C=O) groups excluding carboxylic acids is 2. The van der Waals surface area contributed by atoms with Gasteiger partial charge in [-0.3, -0.25) is 0 Å². The van der Waals surface area contributed by atoms with Crippen LogP contribution in [0.5, 0.6) is 0 Å². The summed E-state index contributed by atoms with van der Waals surface area (Å²) in [5.41, 5.74) is 9.93. The number of benzene rings is 1. The number of ether oxygens (including phenoxy) is 2. The average Bonchev–Trinajstić information content (AvgIpc) is 2.85. The van der Waals surface area contributed by atoms with E-state index in [1.807, 2.05) is 0 Å². The van der Waals surface area contributed by atoms with E-state index in [-0.39, 0.29) is 33.6 Å². The van der Waals surface area contributed by atoms with E-state index in [1.165, 1.54) is 36.5 Å². The second-order valence-electron chi connectivity index (χ2n) is 11.1. The van der Waals surface area contributed by atoms with Crippen molar-refractivity contribution in [2.45, 2.75) is 55.4 Å². The van der Waals surface area contributed by atoms with Gasteiger partial charge in [0.15, 0.2) is 0 Å². The molecule has 178 valence electrons. The van der Waals surface area contributed by atoms with E-state index in [4.69, 9.17) is 9.47 Å². The van der Waals surface area contributed by atoms with Crippen LogP contribution < -0.4 is 0 Å². The summed E-state index contributed by atoms with van der Waals surface area (Å²) in [7, 11) is 2.90. The van der Waals surface area contributed by atoms with Crippen molar-refractivity contribution in [3.05, 3.63) is 68.8 Å². The van der Waals surface area contributed by atoms with Crippen LogP contribution in [-0.4, -0.2) is 26.2 Å². The molecule has 4 heteroatoms. The number of hydrogen-bond acceptors (Lipinski definition) is 4. The fourth-order valence-corrected chi connectivity index (χ4v) is 7.99. The first-order chi connectivity index (χ1) is 15.8. The number of esters is 2. The molecule has 4 aliphatic rings. The lowest BCUT2D eigenvalue weighted by Crippen LogP contribution is -2.60. The Bertz CT molecular complexity index is 1230. The summed E-state index contributed by atoms with van der Waals surface area (Å²) in [4.78, 5) is 25.6. The van der Waals surface area contributed by atoms with Gasteiger partial charge in [0, 0.05) is 21.7 Å². The van der Waals surface area contributed by atoms with Gasteiger partial charge in [0.25, 0.3) is 0 Å². The Balaban J connectivity index is 1.62. The van der Waals surface area contributed by atoms with Crippen LogP contribution in [-0.2, 0) is 19.1 Å². The smallest absolute Gasteiger partial charge is 0.335 e. The Labute approximate surface area is 202 Å². The van der Waals surface area contributed by atoms with Gasteiger partial charge in [-0.15, -0.1) is 0 Å². The van der Waals surface area contributed by atoms with Crippen molar-refractivity contribution < 1.29 is 19.1 Å². The van der Waals surface area contributed by atoms with E-state index in [0.29, 0.717) is 0 Å². The molecule has 1 aromatic rings. The van der Waals surface area contributed by atoms with Crippen LogP contribution in [0.3, 0.4) is 0 Å². The molecule has 0 aliphatic heterocycles. The van der Waals surface area contributed by atoms with E-state index >= 15 is 0 Å². The third-order valence-electron chi connectivity index (χ3n) is 10.9. The van der Waals surface area contributed by atoms with Crippen LogP contribution >= 0.6 is 0 Å². The summed E-state index contributed by atoms with van der Waals surface area (Å²) in [6.45, 7) is 17.3. The van der Waals surface area contributed by atoms with Crippen LogP contribution in [0.4, 0.5) is 0 Å². The molecule has 0 N–H and O–H groups in total. The highest BCUT2D eigenvalue weighted by molar-refractivity contribution is 6.11. The maximum atomic E-state index is 12.8. The third-order valence-corrected chi connectivity index (χ3v) is 10.9. The highest BCUT2D eigenvalue weighted by Crippen LogP contribution is 2.78. The zero-order valence-corrected chi connectivity index (χ0v) is 21.9. The minimum atomic E-state index is -0.284. The molecule has 0 saturated heterocycles. The number of hydrogen-bond donors (Lipinski definition) is 0. The molecule has 0 aromatic heterocycles. The second-order valence-corrected chi connectivity index (χ2v) is 11.1. The molecule has 4 unspecified atom stereocenters. The van der Waals surface area contributed by atoms with E-state index < -0.39 is 0 Å². The lowest BCUT2D eigenvalue weighted by Gasteiger charge is -2.67. The molecule has 0 saturated carbocycles. The fourth-order valence-electron chi connectivity index (χ4n) is 7.99. The lowest BCUT2D eigenvalue weighted by atomic mass is 9.34.